The predicted molar refractivity (Wildman–Crippen MR) is 91.4 cm³/mol. The van der Waals surface area contributed by atoms with Crippen LogP contribution in [0.5, 0.6) is 0 Å². The van der Waals surface area contributed by atoms with Crippen molar-refractivity contribution in [2.24, 2.45) is 0 Å². The summed E-state index contributed by atoms with van der Waals surface area (Å²) in [7, 11) is 0. The van der Waals surface area contributed by atoms with Gasteiger partial charge in [-0.25, -0.2) is 4.39 Å². The van der Waals surface area contributed by atoms with Crippen LogP contribution in [-0.2, 0) is 11.2 Å². The molecule has 132 valence electrons. The molecule has 1 aromatic carbocycles. The Morgan fingerprint density at radius 1 is 1.25 bits per heavy atom. The zero-order valence-electron chi connectivity index (χ0n) is 13.5. The van der Waals surface area contributed by atoms with Crippen molar-refractivity contribution < 1.29 is 13.7 Å². The first kappa shape index (κ1) is 20.1. The highest BCUT2D eigenvalue weighted by molar-refractivity contribution is 5.85. The molecule has 0 unspecified atom stereocenters. The highest BCUT2D eigenvalue weighted by atomic mass is 35.5. The van der Waals surface area contributed by atoms with E-state index in [1.807, 2.05) is 6.92 Å². The van der Waals surface area contributed by atoms with Crippen molar-refractivity contribution in [1.29, 1.82) is 0 Å². The molecule has 0 aliphatic heterocycles. The summed E-state index contributed by atoms with van der Waals surface area (Å²) < 4.78 is 18.0. The number of likely N-dealkylation sites (N-methyl/N-ethyl adjacent to an activating group) is 1. The highest BCUT2D eigenvalue weighted by Crippen LogP contribution is 2.16. The van der Waals surface area contributed by atoms with Crippen molar-refractivity contribution in [3.05, 3.63) is 36.0 Å². The number of halogens is 2. The molecular weight excluding hydrogens is 335 g/mol. The fourth-order valence-electron chi connectivity index (χ4n) is 2.03. The van der Waals surface area contributed by atoms with Gasteiger partial charge < -0.3 is 15.2 Å². The monoisotopic (exact) mass is 356 g/mol. The van der Waals surface area contributed by atoms with Gasteiger partial charge in [0.1, 0.15) is 5.82 Å². The average Bonchev–Trinajstić information content (AvgIpc) is 3.01. The van der Waals surface area contributed by atoms with Gasteiger partial charge in [-0.2, -0.15) is 4.98 Å². The van der Waals surface area contributed by atoms with Gasteiger partial charge in [0.25, 0.3) is 0 Å². The van der Waals surface area contributed by atoms with Gasteiger partial charge in [0.15, 0.2) is 0 Å². The minimum Gasteiger partial charge on any atom is -0.355 e. The molecule has 1 amide bonds. The average molecular weight is 357 g/mol. The first-order valence-electron chi connectivity index (χ1n) is 7.75. The number of nitrogens with one attached hydrogen (secondary N) is 2. The lowest BCUT2D eigenvalue weighted by atomic mass is 10.2. The second kappa shape index (κ2) is 10.7. The molecule has 8 heteroatoms. The number of rotatable bonds is 9. The number of aryl methyl sites for hydroxylation is 1. The van der Waals surface area contributed by atoms with Crippen molar-refractivity contribution in [1.82, 2.24) is 20.8 Å². The molecule has 0 fully saturated rings. The normalized spacial score (nSPS) is 10.2. The second-order valence-corrected chi connectivity index (χ2v) is 5.08. The fourth-order valence-corrected chi connectivity index (χ4v) is 2.03. The van der Waals surface area contributed by atoms with E-state index in [0.717, 1.165) is 13.1 Å². The summed E-state index contributed by atoms with van der Waals surface area (Å²) in [6.07, 6.45) is 1.59. The molecule has 6 nitrogen and oxygen atoms in total. The Morgan fingerprint density at radius 2 is 2.00 bits per heavy atom. The lowest BCUT2D eigenvalue weighted by Crippen LogP contribution is -2.31. The van der Waals surface area contributed by atoms with Crippen LogP contribution in [-0.4, -0.2) is 35.7 Å². The lowest BCUT2D eigenvalue weighted by Gasteiger charge is -2.04. The third-order valence-electron chi connectivity index (χ3n) is 3.24. The molecule has 2 rings (SSSR count). The van der Waals surface area contributed by atoms with Crippen LogP contribution in [0, 0.1) is 5.82 Å². The summed E-state index contributed by atoms with van der Waals surface area (Å²) >= 11 is 0. The maximum Gasteiger partial charge on any atom is 0.226 e. The standard InChI is InChI=1S/C16H21FN4O2.ClH/c1-2-18-10-11-19-14(22)4-3-5-15-20-16(21-23-15)12-6-8-13(17)9-7-12;/h6-9,18H,2-5,10-11H2,1H3,(H,19,22);1H. The molecule has 0 saturated heterocycles. The Morgan fingerprint density at radius 3 is 2.71 bits per heavy atom. The molecule has 0 radical (unpaired) electrons. The molecule has 0 spiro atoms. The Hall–Kier alpha value is -1.99. The molecule has 2 aromatic rings. The van der Waals surface area contributed by atoms with Gasteiger partial charge in [-0.05, 0) is 37.2 Å². The van der Waals surface area contributed by atoms with Crippen molar-refractivity contribution in [2.75, 3.05) is 19.6 Å². The summed E-state index contributed by atoms with van der Waals surface area (Å²) in [5.74, 6) is 0.610. The third-order valence-corrected chi connectivity index (χ3v) is 3.24. The first-order valence-corrected chi connectivity index (χ1v) is 7.75. The molecule has 1 aromatic heterocycles. The van der Waals surface area contributed by atoms with Gasteiger partial charge in [0.2, 0.25) is 17.6 Å². The molecule has 2 N–H and O–H groups in total. The van der Waals surface area contributed by atoms with Crippen molar-refractivity contribution in [3.63, 3.8) is 0 Å². The second-order valence-electron chi connectivity index (χ2n) is 5.08. The zero-order valence-corrected chi connectivity index (χ0v) is 14.4. The Balaban J connectivity index is 0.00000288. The molecule has 0 aliphatic carbocycles. The third kappa shape index (κ3) is 6.64. The van der Waals surface area contributed by atoms with Crippen molar-refractivity contribution in [3.8, 4) is 11.4 Å². The van der Waals surface area contributed by atoms with Gasteiger partial charge in [0.05, 0.1) is 0 Å². The minimum atomic E-state index is -0.308. The summed E-state index contributed by atoms with van der Waals surface area (Å²) in [4.78, 5) is 15.9. The number of benzene rings is 1. The van der Waals surface area contributed by atoms with Crippen molar-refractivity contribution in [2.45, 2.75) is 26.2 Å². The number of carbonyl (C=O) groups is 1. The van der Waals surface area contributed by atoms with E-state index in [9.17, 15) is 9.18 Å². The van der Waals surface area contributed by atoms with E-state index in [1.165, 1.54) is 12.1 Å². The molecular formula is C16H22ClFN4O2. The highest BCUT2D eigenvalue weighted by Gasteiger charge is 2.09. The summed E-state index contributed by atoms with van der Waals surface area (Å²) in [6, 6.07) is 5.90. The Labute approximate surface area is 146 Å². The first-order chi connectivity index (χ1) is 11.2. The van der Waals surface area contributed by atoms with Crippen LogP contribution < -0.4 is 10.6 Å². The van der Waals surface area contributed by atoms with E-state index in [0.29, 0.717) is 43.1 Å². The minimum absolute atomic E-state index is 0. The van der Waals surface area contributed by atoms with Crippen LogP contribution in [0.3, 0.4) is 0 Å². The van der Waals surface area contributed by atoms with Crippen LogP contribution in [0.25, 0.3) is 11.4 Å². The molecule has 0 bridgehead atoms. The SMILES string of the molecule is CCNCCNC(=O)CCCc1nc(-c2ccc(F)cc2)no1.Cl. The number of nitrogens with zero attached hydrogens (tertiary/aromatic N) is 2. The predicted octanol–water partition coefficient (Wildman–Crippen LogP) is 2.35. The quantitative estimate of drug-likeness (QED) is 0.674. The van der Waals surface area contributed by atoms with Crippen LogP contribution in [0.4, 0.5) is 4.39 Å². The van der Waals surface area contributed by atoms with Crippen LogP contribution in [0.1, 0.15) is 25.7 Å². The Bertz CT molecular complexity index is 619. The van der Waals surface area contributed by atoms with E-state index in [1.54, 1.807) is 12.1 Å². The maximum absolute atomic E-state index is 12.9. The topological polar surface area (TPSA) is 80.0 Å². The number of amides is 1. The van der Waals surface area contributed by atoms with Crippen LogP contribution in [0.2, 0.25) is 0 Å². The van der Waals surface area contributed by atoms with Gasteiger partial charge in [-0.15, -0.1) is 12.4 Å². The zero-order chi connectivity index (χ0) is 16.5. The summed E-state index contributed by atoms with van der Waals surface area (Å²) in [5.41, 5.74) is 0.697. The molecule has 0 aliphatic rings. The summed E-state index contributed by atoms with van der Waals surface area (Å²) in [5, 5.41) is 9.84. The van der Waals surface area contributed by atoms with Gasteiger partial charge in [-0.1, -0.05) is 12.1 Å². The lowest BCUT2D eigenvalue weighted by molar-refractivity contribution is -0.121. The van der Waals surface area contributed by atoms with Gasteiger partial charge in [-0.3, -0.25) is 4.79 Å². The van der Waals surface area contributed by atoms with E-state index < -0.39 is 0 Å². The molecule has 0 atom stereocenters. The number of hydrogen-bond acceptors (Lipinski definition) is 5. The van der Waals surface area contributed by atoms with E-state index in [2.05, 4.69) is 20.8 Å². The van der Waals surface area contributed by atoms with Crippen LogP contribution in [0.15, 0.2) is 28.8 Å². The van der Waals surface area contributed by atoms with Crippen LogP contribution >= 0.6 is 12.4 Å². The molecule has 0 saturated carbocycles. The van der Waals surface area contributed by atoms with E-state index in [4.69, 9.17) is 4.52 Å². The van der Waals surface area contributed by atoms with Crippen molar-refractivity contribution >= 4 is 18.3 Å². The number of carbonyl (C=O) groups excluding carboxylic acids is 1. The number of aromatic nitrogens is 2. The Kier molecular flexibility index (Phi) is 8.96. The fraction of sp³-hybridized carbons (Fsp3) is 0.438. The summed E-state index contributed by atoms with van der Waals surface area (Å²) in [6.45, 7) is 4.31. The smallest absolute Gasteiger partial charge is 0.226 e. The number of hydrogen-bond donors (Lipinski definition) is 2. The van der Waals surface area contributed by atoms with E-state index >= 15 is 0 Å². The van der Waals surface area contributed by atoms with E-state index in [-0.39, 0.29) is 24.1 Å². The molecule has 24 heavy (non-hydrogen) atoms. The largest absolute Gasteiger partial charge is 0.355 e. The molecule has 1 heterocycles. The maximum atomic E-state index is 12.9. The van der Waals surface area contributed by atoms with Gasteiger partial charge >= 0.3 is 0 Å². The van der Waals surface area contributed by atoms with Gasteiger partial charge in [0, 0.05) is 31.5 Å².